The predicted molar refractivity (Wildman–Crippen MR) is 26.4 cm³/mol. The van der Waals surface area contributed by atoms with Crippen molar-refractivity contribution in [1.82, 2.24) is 0 Å². The van der Waals surface area contributed by atoms with Gasteiger partial charge in [-0.1, -0.05) is 0 Å². The molecule has 0 radical (unpaired) electrons. The summed E-state index contributed by atoms with van der Waals surface area (Å²) in [5.74, 6) is -2.76. The molecular weight excluding hydrogens is 201 g/mol. The molecule has 0 aliphatic heterocycles. The van der Waals surface area contributed by atoms with Gasteiger partial charge in [-0.25, -0.2) is 0 Å². The summed E-state index contributed by atoms with van der Waals surface area (Å²) < 4.78 is 33.9. The second kappa shape index (κ2) is 4.52. The molecular formula is C5H5CrF3O2. The van der Waals surface area contributed by atoms with Crippen LogP contribution < -0.4 is 0 Å². The van der Waals surface area contributed by atoms with E-state index in [1.165, 1.54) is 0 Å². The smallest absolute Gasteiger partial charge is 0.300 e. The van der Waals surface area contributed by atoms with E-state index in [1.807, 2.05) is 0 Å². The predicted octanol–water partition coefficient (Wildman–Crippen LogP) is 1.09. The van der Waals surface area contributed by atoms with Gasteiger partial charge in [-0.05, 0) is 6.92 Å². The molecule has 0 fully saturated rings. The van der Waals surface area contributed by atoms with Gasteiger partial charge in [-0.15, -0.1) is 0 Å². The van der Waals surface area contributed by atoms with Crippen molar-refractivity contribution >= 4 is 11.6 Å². The van der Waals surface area contributed by atoms with Gasteiger partial charge >= 0.3 is 6.18 Å². The van der Waals surface area contributed by atoms with E-state index in [-0.39, 0.29) is 17.4 Å². The summed E-state index contributed by atoms with van der Waals surface area (Å²) in [4.78, 5) is 19.9. The van der Waals surface area contributed by atoms with Gasteiger partial charge < -0.3 is 0 Å². The molecule has 0 amide bonds. The maximum absolute atomic E-state index is 11.3. The molecule has 0 aromatic rings. The number of halogens is 3. The Morgan fingerprint density at radius 1 is 1.27 bits per heavy atom. The summed E-state index contributed by atoms with van der Waals surface area (Å²) in [5.41, 5.74) is 0. The van der Waals surface area contributed by atoms with Crippen molar-refractivity contribution in [3.8, 4) is 0 Å². The molecule has 0 saturated carbocycles. The molecule has 2 nitrogen and oxygen atoms in total. The van der Waals surface area contributed by atoms with Crippen LogP contribution >= 0.6 is 0 Å². The van der Waals surface area contributed by atoms with Crippen LogP contribution in [-0.4, -0.2) is 17.7 Å². The Morgan fingerprint density at radius 3 is 1.73 bits per heavy atom. The van der Waals surface area contributed by atoms with Crippen LogP contribution in [0.15, 0.2) is 0 Å². The molecule has 6 heteroatoms. The number of alkyl halides is 3. The van der Waals surface area contributed by atoms with Gasteiger partial charge in [-0.3, -0.25) is 9.59 Å². The van der Waals surface area contributed by atoms with E-state index in [9.17, 15) is 22.8 Å². The monoisotopic (exact) mass is 206 g/mol. The van der Waals surface area contributed by atoms with E-state index in [4.69, 9.17) is 0 Å². The molecule has 0 N–H and O–H groups in total. The molecule has 11 heavy (non-hydrogen) atoms. The third-order valence-corrected chi connectivity index (χ3v) is 0.726. The quantitative estimate of drug-likeness (QED) is 0.634. The van der Waals surface area contributed by atoms with Crippen molar-refractivity contribution in [2.45, 2.75) is 19.5 Å². The fraction of sp³-hybridized carbons (Fsp3) is 0.600. The van der Waals surface area contributed by atoms with Crippen LogP contribution in [-0.2, 0) is 27.0 Å². The van der Waals surface area contributed by atoms with Gasteiger partial charge in [0, 0.05) is 17.4 Å². The molecule has 64 valence electrons. The van der Waals surface area contributed by atoms with Crippen molar-refractivity contribution in [1.29, 1.82) is 0 Å². The van der Waals surface area contributed by atoms with E-state index in [2.05, 4.69) is 0 Å². The molecule has 0 bridgehead atoms. The fourth-order valence-corrected chi connectivity index (χ4v) is 0.326. The van der Waals surface area contributed by atoms with E-state index in [1.54, 1.807) is 0 Å². The standard InChI is InChI=1S/C5H5F3O2.Cr/c1-3(9)2-4(10)5(6,7)8;/h2H2,1H3;. The Kier molecular flexibility index (Phi) is 5.45. The number of hydrogen-bond acceptors (Lipinski definition) is 2. The van der Waals surface area contributed by atoms with Crippen molar-refractivity contribution in [2.24, 2.45) is 0 Å². The molecule has 0 rings (SSSR count). The number of rotatable bonds is 2. The van der Waals surface area contributed by atoms with Gasteiger partial charge in [0.2, 0.25) is 5.78 Å². The van der Waals surface area contributed by atoms with Crippen LogP contribution in [0.3, 0.4) is 0 Å². The van der Waals surface area contributed by atoms with Gasteiger partial charge in [-0.2, -0.15) is 13.2 Å². The molecule has 0 atom stereocenters. The molecule has 0 spiro atoms. The zero-order chi connectivity index (χ0) is 8.36. The SMILES string of the molecule is CC(=O)CC(=O)C(F)(F)F.[Cr]. The first-order chi connectivity index (χ1) is 4.34. The van der Waals surface area contributed by atoms with Crippen LogP contribution in [0.2, 0.25) is 0 Å². The third kappa shape index (κ3) is 6.08. The molecule has 0 aliphatic carbocycles. The number of Topliss-reactive ketones (excluding diaryl/α,β-unsaturated/α-hetero) is 2. The summed E-state index contributed by atoms with van der Waals surface area (Å²) in [5, 5.41) is 0. The second-order valence-electron chi connectivity index (χ2n) is 1.80. The van der Waals surface area contributed by atoms with E-state index >= 15 is 0 Å². The number of hydrogen-bond donors (Lipinski definition) is 0. The van der Waals surface area contributed by atoms with Crippen molar-refractivity contribution in [2.75, 3.05) is 0 Å². The largest absolute Gasteiger partial charge is 0.450 e. The van der Waals surface area contributed by atoms with E-state index in [0.29, 0.717) is 0 Å². The Morgan fingerprint density at radius 2 is 1.64 bits per heavy atom. The minimum absolute atomic E-state index is 0. The summed E-state index contributed by atoms with van der Waals surface area (Å²) in [7, 11) is 0. The van der Waals surface area contributed by atoms with E-state index < -0.39 is 24.2 Å². The minimum Gasteiger partial charge on any atom is -0.300 e. The fourth-order valence-electron chi connectivity index (χ4n) is 0.326. The van der Waals surface area contributed by atoms with Gasteiger partial charge in [0.25, 0.3) is 0 Å². The normalized spacial score (nSPS) is 10.2. The Balaban J connectivity index is 0. The minimum atomic E-state index is -4.87. The van der Waals surface area contributed by atoms with Crippen molar-refractivity contribution in [3.63, 3.8) is 0 Å². The van der Waals surface area contributed by atoms with Crippen LogP contribution in [0.25, 0.3) is 0 Å². The summed E-state index contributed by atoms with van der Waals surface area (Å²) in [6.45, 7) is 0.934. The van der Waals surface area contributed by atoms with Crippen molar-refractivity contribution in [3.05, 3.63) is 0 Å². The number of carbonyl (C=O) groups is 2. The van der Waals surface area contributed by atoms with Crippen LogP contribution in [0.1, 0.15) is 13.3 Å². The van der Waals surface area contributed by atoms with Crippen LogP contribution in [0.5, 0.6) is 0 Å². The Bertz CT molecular complexity index is 164. The second-order valence-corrected chi connectivity index (χ2v) is 1.80. The summed E-state index contributed by atoms with van der Waals surface area (Å²) in [6, 6.07) is 0. The zero-order valence-corrected chi connectivity index (χ0v) is 6.84. The molecule has 0 unspecified atom stereocenters. The zero-order valence-electron chi connectivity index (χ0n) is 5.57. The Hall–Kier alpha value is -0.338. The number of carbonyl (C=O) groups excluding carboxylic acids is 2. The maximum atomic E-state index is 11.3. The van der Waals surface area contributed by atoms with Gasteiger partial charge in [0.1, 0.15) is 5.78 Å². The van der Waals surface area contributed by atoms with Crippen LogP contribution in [0.4, 0.5) is 13.2 Å². The average molecular weight is 206 g/mol. The molecule has 0 aliphatic rings. The summed E-state index contributed by atoms with van der Waals surface area (Å²) in [6.07, 6.45) is -5.92. The molecule has 0 saturated heterocycles. The summed E-state index contributed by atoms with van der Waals surface area (Å²) >= 11 is 0. The van der Waals surface area contributed by atoms with Gasteiger partial charge in [0.05, 0.1) is 6.42 Å². The average Bonchev–Trinajstić information content (AvgIpc) is 1.60. The topological polar surface area (TPSA) is 34.1 Å². The van der Waals surface area contributed by atoms with Gasteiger partial charge in [0.15, 0.2) is 0 Å². The van der Waals surface area contributed by atoms with Crippen molar-refractivity contribution < 1.29 is 40.1 Å². The maximum Gasteiger partial charge on any atom is 0.450 e. The first kappa shape index (κ1) is 13.3. The van der Waals surface area contributed by atoms with Crippen LogP contribution in [0, 0.1) is 0 Å². The number of ketones is 2. The van der Waals surface area contributed by atoms with E-state index in [0.717, 1.165) is 6.92 Å². The molecule has 0 aromatic heterocycles. The molecule has 0 aromatic carbocycles. The molecule has 0 heterocycles. The Labute approximate surface area is 71.9 Å². The first-order valence-corrected chi connectivity index (χ1v) is 2.43. The third-order valence-electron chi connectivity index (χ3n) is 0.726. The first-order valence-electron chi connectivity index (χ1n) is 2.43.